The number of nitrogens with one attached hydrogen (secondary N) is 1. The van der Waals surface area contributed by atoms with E-state index >= 15 is 0 Å². The average Bonchev–Trinajstić information content (AvgIpc) is 3.24. The number of hydrogen-bond acceptors (Lipinski definition) is 9. The summed E-state index contributed by atoms with van der Waals surface area (Å²) in [5.41, 5.74) is 1.84. The molecule has 6 N–H and O–H groups in total. The topological polar surface area (TPSA) is 173 Å². The number of aliphatic hydroxyl groups is 5. The van der Waals surface area contributed by atoms with Crippen LogP contribution < -0.4 is 0 Å². The van der Waals surface area contributed by atoms with Crippen LogP contribution in [0.25, 0.3) is 27.8 Å². The molecule has 0 aliphatic rings. The van der Waals surface area contributed by atoms with Crippen molar-refractivity contribution in [2.75, 3.05) is 6.61 Å². The summed E-state index contributed by atoms with van der Waals surface area (Å²) >= 11 is 0. The third-order valence-electron chi connectivity index (χ3n) is 4.24. The van der Waals surface area contributed by atoms with E-state index in [-0.39, 0.29) is 11.6 Å². The lowest BCUT2D eigenvalue weighted by atomic mass is 10.0. The van der Waals surface area contributed by atoms with Crippen molar-refractivity contribution >= 4 is 27.8 Å². The first-order chi connectivity index (χ1) is 12.5. The van der Waals surface area contributed by atoms with Crippen LogP contribution in [-0.4, -0.2) is 80.2 Å². The van der Waals surface area contributed by atoms with E-state index in [0.29, 0.717) is 11.2 Å². The number of aliphatic hydroxyl groups excluding tert-OH is 5. The monoisotopic (exact) mass is 360 g/mol. The summed E-state index contributed by atoms with van der Waals surface area (Å²) < 4.78 is 1.16. The summed E-state index contributed by atoms with van der Waals surface area (Å²) in [6.45, 7) is -0.776. The Morgan fingerprint density at radius 2 is 1.81 bits per heavy atom. The molecule has 1 unspecified atom stereocenters. The fourth-order valence-corrected chi connectivity index (χ4v) is 2.80. The van der Waals surface area contributed by atoms with E-state index in [0.717, 1.165) is 15.4 Å². The highest BCUT2D eigenvalue weighted by Crippen LogP contribution is 2.24. The minimum absolute atomic E-state index is 0.0857. The van der Waals surface area contributed by atoms with E-state index in [4.69, 9.17) is 5.11 Å². The van der Waals surface area contributed by atoms with Crippen LogP contribution in [0.2, 0.25) is 0 Å². The molecule has 4 atom stereocenters. The molecule has 0 spiro atoms. The van der Waals surface area contributed by atoms with Gasteiger partial charge in [0.05, 0.1) is 6.61 Å². The zero-order valence-electron chi connectivity index (χ0n) is 13.3. The molecule has 0 amide bonds. The summed E-state index contributed by atoms with van der Waals surface area (Å²) in [4.78, 5) is 7.40. The maximum atomic E-state index is 10.3. The second-order valence-corrected chi connectivity index (χ2v) is 5.93. The Kier molecular flexibility index (Phi) is 4.01. The standard InChI is InChI=1S/C15H16N6O5/c22-5-8(23)10(24)11(25)12(26)14-18-19-15-17-13-9(20-21(14)15)6-3-1-2-4-7(6)16-13/h1-4,8,10-12,22-26H,5H2,(H,16,17,19)/t8?,10-,11-,12+/m0/s1. The molecule has 0 aliphatic heterocycles. The zero-order valence-corrected chi connectivity index (χ0v) is 13.3. The SMILES string of the molecule is OCC(O)[C@H](O)[C@H](O)[C@@H](O)c1nnc2nc3[nH]c4ccccc4c3nn12. The van der Waals surface area contributed by atoms with E-state index in [1.54, 1.807) is 0 Å². The highest BCUT2D eigenvalue weighted by atomic mass is 16.4. The fraction of sp³-hybridized carbons (Fsp3) is 0.333. The molecule has 3 heterocycles. The number of rotatable bonds is 5. The van der Waals surface area contributed by atoms with Crippen LogP contribution in [0.5, 0.6) is 0 Å². The van der Waals surface area contributed by atoms with Crippen molar-refractivity contribution in [3.05, 3.63) is 30.1 Å². The molecule has 3 aromatic heterocycles. The molecule has 0 bridgehead atoms. The van der Waals surface area contributed by atoms with E-state index in [1.807, 2.05) is 24.3 Å². The molecule has 0 saturated heterocycles. The van der Waals surface area contributed by atoms with E-state index < -0.39 is 31.0 Å². The molecule has 11 nitrogen and oxygen atoms in total. The zero-order chi connectivity index (χ0) is 18.4. The van der Waals surface area contributed by atoms with Gasteiger partial charge in [-0.25, -0.2) is 0 Å². The third kappa shape index (κ3) is 2.50. The van der Waals surface area contributed by atoms with Crippen LogP contribution in [0.15, 0.2) is 24.3 Å². The van der Waals surface area contributed by atoms with Gasteiger partial charge >= 0.3 is 0 Å². The van der Waals surface area contributed by atoms with E-state index in [1.165, 1.54) is 0 Å². The summed E-state index contributed by atoms with van der Waals surface area (Å²) in [6, 6.07) is 7.43. The predicted octanol–water partition coefficient (Wildman–Crippen LogP) is -1.74. The van der Waals surface area contributed by atoms with Crippen molar-refractivity contribution in [1.82, 2.24) is 29.8 Å². The Morgan fingerprint density at radius 1 is 1.04 bits per heavy atom. The van der Waals surface area contributed by atoms with Gasteiger partial charge in [0.1, 0.15) is 29.9 Å². The Balaban J connectivity index is 1.81. The summed E-state index contributed by atoms with van der Waals surface area (Å²) in [6.07, 6.45) is -6.93. The molecular formula is C15H16N6O5. The van der Waals surface area contributed by atoms with Crippen molar-refractivity contribution in [1.29, 1.82) is 0 Å². The van der Waals surface area contributed by atoms with Gasteiger partial charge in [-0.3, -0.25) is 0 Å². The molecule has 4 aromatic rings. The van der Waals surface area contributed by atoms with Crippen molar-refractivity contribution in [3.8, 4) is 0 Å². The molecule has 1 aromatic carbocycles. The second kappa shape index (κ2) is 6.23. The maximum Gasteiger partial charge on any atom is 0.274 e. The van der Waals surface area contributed by atoms with Gasteiger partial charge in [0.2, 0.25) is 0 Å². The minimum Gasteiger partial charge on any atom is -0.394 e. The number of hydrogen-bond donors (Lipinski definition) is 6. The first-order valence-electron chi connectivity index (χ1n) is 7.84. The van der Waals surface area contributed by atoms with Crippen LogP contribution in [-0.2, 0) is 0 Å². The molecule has 0 radical (unpaired) electrons. The number of H-pyrrole nitrogens is 1. The summed E-state index contributed by atoms with van der Waals surface area (Å²) in [5.74, 6) is -0.0705. The normalized spacial score (nSPS) is 17.0. The van der Waals surface area contributed by atoms with Gasteiger partial charge in [0.15, 0.2) is 11.5 Å². The largest absolute Gasteiger partial charge is 0.394 e. The average molecular weight is 360 g/mol. The number of aromatic amines is 1. The van der Waals surface area contributed by atoms with Crippen LogP contribution >= 0.6 is 0 Å². The molecule has 0 saturated carbocycles. The Hall–Kier alpha value is -2.70. The van der Waals surface area contributed by atoms with E-state index in [9.17, 15) is 20.4 Å². The highest BCUT2D eigenvalue weighted by molar-refractivity contribution is 6.03. The van der Waals surface area contributed by atoms with Gasteiger partial charge < -0.3 is 30.5 Å². The van der Waals surface area contributed by atoms with Crippen LogP contribution in [0.3, 0.4) is 0 Å². The van der Waals surface area contributed by atoms with Crippen molar-refractivity contribution in [2.24, 2.45) is 0 Å². The lowest BCUT2D eigenvalue weighted by molar-refractivity contribution is -0.118. The first kappa shape index (κ1) is 16.8. The molecule has 4 rings (SSSR count). The van der Waals surface area contributed by atoms with Crippen molar-refractivity contribution in [3.63, 3.8) is 0 Å². The molecule has 136 valence electrons. The van der Waals surface area contributed by atoms with Gasteiger partial charge in [-0.1, -0.05) is 18.2 Å². The Morgan fingerprint density at radius 3 is 2.58 bits per heavy atom. The van der Waals surface area contributed by atoms with Crippen molar-refractivity contribution in [2.45, 2.75) is 24.4 Å². The molecule has 11 heteroatoms. The molecule has 26 heavy (non-hydrogen) atoms. The quantitative estimate of drug-likeness (QED) is 0.241. The van der Waals surface area contributed by atoms with Gasteiger partial charge in [-0.05, 0) is 6.07 Å². The number of para-hydroxylation sites is 1. The van der Waals surface area contributed by atoms with Gasteiger partial charge in [-0.15, -0.1) is 10.2 Å². The van der Waals surface area contributed by atoms with E-state index in [2.05, 4.69) is 25.3 Å². The minimum atomic E-state index is -1.81. The number of nitrogens with zero attached hydrogens (tertiary/aromatic N) is 5. The first-order valence-corrected chi connectivity index (χ1v) is 7.84. The number of aromatic nitrogens is 6. The van der Waals surface area contributed by atoms with Crippen LogP contribution in [0.1, 0.15) is 11.9 Å². The number of benzene rings is 1. The van der Waals surface area contributed by atoms with Gasteiger partial charge in [0.25, 0.3) is 5.78 Å². The molecule has 0 aliphatic carbocycles. The highest BCUT2D eigenvalue weighted by Gasteiger charge is 2.34. The van der Waals surface area contributed by atoms with Crippen molar-refractivity contribution < 1.29 is 25.5 Å². The molecule has 0 fully saturated rings. The molecular weight excluding hydrogens is 344 g/mol. The fourth-order valence-electron chi connectivity index (χ4n) is 2.80. The summed E-state index contributed by atoms with van der Waals surface area (Å²) in [7, 11) is 0. The van der Waals surface area contributed by atoms with Gasteiger partial charge in [0, 0.05) is 10.9 Å². The smallest absolute Gasteiger partial charge is 0.274 e. The van der Waals surface area contributed by atoms with Crippen LogP contribution in [0.4, 0.5) is 0 Å². The Labute approximate surface area is 145 Å². The lowest BCUT2D eigenvalue weighted by Crippen LogP contribution is -2.43. The van der Waals surface area contributed by atoms with Gasteiger partial charge in [-0.2, -0.15) is 14.6 Å². The Bertz CT molecular complexity index is 1080. The lowest BCUT2D eigenvalue weighted by Gasteiger charge is -2.24. The predicted molar refractivity (Wildman–Crippen MR) is 88.0 cm³/mol. The maximum absolute atomic E-state index is 10.3. The second-order valence-electron chi connectivity index (χ2n) is 5.93. The van der Waals surface area contributed by atoms with Crippen LogP contribution in [0, 0.1) is 0 Å². The summed E-state index contributed by atoms with van der Waals surface area (Å²) in [5, 5.41) is 61.3. The third-order valence-corrected chi connectivity index (χ3v) is 4.24. The number of fused-ring (bicyclic) bond motifs is 4.